The van der Waals surface area contributed by atoms with Gasteiger partial charge in [-0.25, -0.2) is 9.18 Å². The molecule has 1 atom stereocenters. The molecule has 0 unspecified atom stereocenters. The number of rotatable bonds is 4. The van der Waals surface area contributed by atoms with Gasteiger partial charge in [-0.05, 0) is 43.6 Å². The maximum atomic E-state index is 13.1. The Morgan fingerprint density at radius 3 is 2.74 bits per heavy atom. The summed E-state index contributed by atoms with van der Waals surface area (Å²) in [5.74, 6) is -1.91. The minimum atomic E-state index is -1.08. The molecule has 1 aromatic heterocycles. The van der Waals surface area contributed by atoms with Crippen LogP contribution in [0.4, 0.5) is 15.1 Å². The van der Waals surface area contributed by atoms with Gasteiger partial charge in [0.15, 0.2) is 6.10 Å². The molecule has 1 aromatic carbocycles. The molecule has 23 heavy (non-hydrogen) atoms. The Hall–Kier alpha value is -2.19. The lowest BCUT2D eigenvalue weighted by Gasteiger charge is -2.13. The van der Waals surface area contributed by atoms with E-state index in [1.165, 1.54) is 19.1 Å². The monoisotopic (exact) mass is 357 g/mol. The molecular formula is C14H13ClFN3O3S. The van der Waals surface area contributed by atoms with Gasteiger partial charge in [0.2, 0.25) is 0 Å². The average Bonchev–Trinajstić information content (AvgIpc) is 2.82. The zero-order valence-corrected chi connectivity index (χ0v) is 13.8. The molecule has 1 heterocycles. The number of hydrogen-bond donors (Lipinski definition) is 2. The van der Waals surface area contributed by atoms with Crippen LogP contribution in [0.5, 0.6) is 0 Å². The van der Waals surface area contributed by atoms with Gasteiger partial charge in [0.25, 0.3) is 5.91 Å². The van der Waals surface area contributed by atoms with Crippen molar-refractivity contribution in [2.75, 3.05) is 11.1 Å². The molecule has 0 saturated carbocycles. The highest BCUT2D eigenvalue weighted by atomic mass is 35.5. The molecule has 0 fully saturated rings. The molecule has 1 amide bonds. The molecule has 0 aliphatic rings. The van der Waals surface area contributed by atoms with E-state index in [1.807, 2.05) is 0 Å². The zero-order valence-electron chi connectivity index (χ0n) is 12.2. The Labute approximate surface area is 140 Å². The Balaban J connectivity index is 2.02. The minimum Gasteiger partial charge on any atom is -0.449 e. The number of anilines is 2. The molecule has 2 aromatic rings. The van der Waals surface area contributed by atoms with Crippen LogP contribution in [0.3, 0.4) is 0 Å². The van der Waals surface area contributed by atoms with Crippen molar-refractivity contribution in [1.82, 2.24) is 4.37 Å². The van der Waals surface area contributed by atoms with Crippen molar-refractivity contribution in [2.45, 2.75) is 20.0 Å². The number of aromatic nitrogens is 1. The Bertz CT molecular complexity index is 746. The SMILES string of the molecule is Cc1nsc(N)c1C(=O)O[C@@H](C)C(=O)Nc1ccc(F)c(Cl)c1. The second-order valence-corrected chi connectivity index (χ2v) is 5.89. The van der Waals surface area contributed by atoms with Crippen LogP contribution in [-0.4, -0.2) is 22.4 Å². The number of nitrogens with one attached hydrogen (secondary N) is 1. The molecule has 2 rings (SSSR count). The number of nitrogens with zero attached hydrogens (tertiary/aromatic N) is 1. The number of nitrogen functional groups attached to an aromatic ring is 1. The predicted molar refractivity (Wildman–Crippen MR) is 86.2 cm³/mol. The summed E-state index contributed by atoms with van der Waals surface area (Å²) in [5, 5.41) is 2.58. The van der Waals surface area contributed by atoms with Gasteiger partial charge < -0.3 is 15.8 Å². The summed E-state index contributed by atoms with van der Waals surface area (Å²) >= 11 is 6.61. The Morgan fingerprint density at radius 2 is 2.17 bits per heavy atom. The third-order valence-corrected chi connectivity index (χ3v) is 3.99. The number of aryl methyl sites for hydroxylation is 1. The van der Waals surface area contributed by atoms with E-state index in [9.17, 15) is 14.0 Å². The van der Waals surface area contributed by atoms with E-state index in [2.05, 4.69) is 9.69 Å². The maximum Gasteiger partial charge on any atom is 0.343 e. The lowest BCUT2D eigenvalue weighted by molar-refractivity contribution is -0.123. The van der Waals surface area contributed by atoms with Gasteiger partial charge in [0.1, 0.15) is 16.4 Å². The average molecular weight is 358 g/mol. The molecule has 6 nitrogen and oxygen atoms in total. The highest BCUT2D eigenvalue weighted by molar-refractivity contribution is 7.10. The summed E-state index contributed by atoms with van der Waals surface area (Å²) in [5.41, 5.74) is 6.53. The van der Waals surface area contributed by atoms with Crippen molar-refractivity contribution in [3.8, 4) is 0 Å². The standard InChI is InChI=1S/C14H13ClFN3O3S/c1-6-11(12(17)23-19-6)14(21)22-7(2)13(20)18-8-3-4-10(16)9(15)5-8/h3-5,7H,17H2,1-2H3,(H,18,20)/t7-/m0/s1. The van der Waals surface area contributed by atoms with Crippen molar-refractivity contribution in [2.24, 2.45) is 0 Å². The molecule has 0 saturated heterocycles. The van der Waals surface area contributed by atoms with Crippen LogP contribution >= 0.6 is 23.1 Å². The van der Waals surface area contributed by atoms with E-state index < -0.39 is 23.8 Å². The largest absolute Gasteiger partial charge is 0.449 e. The van der Waals surface area contributed by atoms with E-state index in [-0.39, 0.29) is 21.3 Å². The molecule has 0 aliphatic carbocycles. The van der Waals surface area contributed by atoms with Gasteiger partial charge in [-0.1, -0.05) is 11.6 Å². The van der Waals surface area contributed by atoms with Crippen LogP contribution in [0, 0.1) is 12.7 Å². The third-order valence-electron chi connectivity index (χ3n) is 2.93. The van der Waals surface area contributed by atoms with Gasteiger partial charge in [0.05, 0.1) is 10.7 Å². The molecule has 0 bridgehead atoms. The second-order valence-electron chi connectivity index (χ2n) is 4.67. The minimum absolute atomic E-state index is 0.125. The lowest BCUT2D eigenvalue weighted by atomic mass is 10.2. The molecule has 0 spiro atoms. The Kier molecular flexibility index (Phi) is 5.17. The number of carbonyl (C=O) groups is 2. The van der Waals surface area contributed by atoms with Crippen LogP contribution in [0.1, 0.15) is 23.0 Å². The highest BCUT2D eigenvalue weighted by Gasteiger charge is 2.23. The van der Waals surface area contributed by atoms with Crippen molar-refractivity contribution < 1.29 is 18.7 Å². The molecule has 0 aliphatic heterocycles. The number of ether oxygens (including phenoxy) is 1. The van der Waals surface area contributed by atoms with Gasteiger partial charge in [-0.3, -0.25) is 4.79 Å². The van der Waals surface area contributed by atoms with Crippen molar-refractivity contribution in [3.05, 3.63) is 40.3 Å². The molecule has 3 N–H and O–H groups in total. The number of esters is 1. The molecule has 122 valence electrons. The van der Waals surface area contributed by atoms with E-state index >= 15 is 0 Å². The topological polar surface area (TPSA) is 94.3 Å². The third kappa shape index (κ3) is 3.96. The van der Waals surface area contributed by atoms with Crippen LogP contribution in [-0.2, 0) is 9.53 Å². The summed E-state index contributed by atoms with van der Waals surface area (Å²) in [7, 11) is 0. The first-order chi connectivity index (χ1) is 10.8. The van der Waals surface area contributed by atoms with Crippen LogP contribution in [0.25, 0.3) is 0 Å². The van der Waals surface area contributed by atoms with E-state index in [0.29, 0.717) is 5.69 Å². The van der Waals surface area contributed by atoms with Crippen LogP contribution < -0.4 is 11.1 Å². The number of halogens is 2. The van der Waals surface area contributed by atoms with Gasteiger partial charge in [-0.15, -0.1) is 0 Å². The summed E-state index contributed by atoms with van der Waals surface area (Å²) < 4.78 is 22.1. The van der Waals surface area contributed by atoms with Crippen LogP contribution in [0.2, 0.25) is 5.02 Å². The quantitative estimate of drug-likeness (QED) is 0.820. The maximum absolute atomic E-state index is 13.1. The molecular weight excluding hydrogens is 345 g/mol. The van der Waals surface area contributed by atoms with Gasteiger partial charge in [0, 0.05) is 5.69 Å². The first-order valence-electron chi connectivity index (χ1n) is 6.48. The van der Waals surface area contributed by atoms with Crippen molar-refractivity contribution in [1.29, 1.82) is 0 Å². The highest BCUT2D eigenvalue weighted by Crippen LogP contribution is 2.23. The molecule has 0 radical (unpaired) electrons. The summed E-state index contributed by atoms with van der Waals surface area (Å²) in [6.07, 6.45) is -1.08. The Morgan fingerprint density at radius 1 is 1.48 bits per heavy atom. The number of benzene rings is 1. The predicted octanol–water partition coefficient (Wildman–Crippen LogP) is 3.01. The van der Waals surface area contributed by atoms with Gasteiger partial charge >= 0.3 is 5.97 Å². The van der Waals surface area contributed by atoms with Crippen molar-refractivity contribution in [3.63, 3.8) is 0 Å². The van der Waals surface area contributed by atoms with E-state index in [1.54, 1.807) is 6.92 Å². The first kappa shape index (κ1) is 17.2. The zero-order chi connectivity index (χ0) is 17.1. The fraction of sp³-hybridized carbons (Fsp3) is 0.214. The smallest absolute Gasteiger partial charge is 0.343 e. The van der Waals surface area contributed by atoms with E-state index in [4.69, 9.17) is 22.1 Å². The number of carbonyl (C=O) groups excluding carboxylic acids is 2. The van der Waals surface area contributed by atoms with E-state index in [0.717, 1.165) is 17.6 Å². The van der Waals surface area contributed by atoms with Crippen LogP contribution in [0.15, 0.2) is 18.2 Å². The van der Waals surface area contributed by atoms with Gasteiger partial charge in [-0.2, -0.15) is 4.37 Å². The first-order valence-corrected chi connectivity index (χ1v) is 7.63. The lowest BCUT2D eigenvalue weighted by Crippen LogP contribution is -2.30. The number of amides is 1. The summed E-state index contributed by atoms with van der Waals surface area (Å²) in [6, 6.07) is 3.72. The summed E-state index contributed by atoms with van der Waals surface area (Å²) in [6.45, 7) is 3.03. The fourth-order valence-electron chi connectivity index (χ4n) is 1.73. The normalized spacial score (nSPS) is 11.8. The summed E-state index contributed by atoms with van der Waals surface area (Å²) in [4.78, 5) is 24.0. The number of nitrogens with two attached hydrogens (primary N) is 1. The second kappa shape index (κ2) is 6.93. The molecule has 9 heteroatoms. The number of hydrogen-bond acceptors (Lipinski definition) is 6. The fourth-order valence-corrected chi connectivity index (χ4v) is 2.56. The van der Waals surface area contributed by atoms with Crippen molar-refractivity contribution >= 4 is 45.7 Å².